The minimum Gasteiger partial charge on any atom is -0.289 e. The Balaban J connectivity index is 1.76. The molecule has 32 heavy (non-hydrogen) atoms. The van der Waals surface area contributed by atoms with Gasteiger partial charge in [0.2, 0.25) is 0 Å². The Kier molecular flexibility index (Phi) is 5.84. The number of ketones is 1. The van der Waals surface area contributed by atoms with Gasteiger partial charge >= 0.3 is 0 Å². The molecule has 5 rings (SSSR count). The van der Waals surface area contributed by atoms with E-state index in [2.05, 4.69) is 91.0 Å². The molecular formula is C30H25OP. The maximum absolute atomic E-state index is 13.3. The van der Waals surface area contributed by atoms with Gasteiger partial charge in [0.05, 0.1) is 5.16 Å². The second-order valence-corrected chi connectivity index (χ2v) is 10.6. The van der Waals surface area contributed by atoms with Crippen LogP contribution in [0.15, 0.2) is 133 Å². The van der Waals surface area contributed by atoms with Gasteiger partial charge in [-0.1, -0.05) is 129 Å². The van der Waals surface area contributed by atoms with E-state index in [4.69, 9.17) is 0 Å². The van der Waals surface area contributed by atoms with E-state index >= 15 is 0 Å². The highest BCUT2D eigenvalue weighted by molar-refractivity contribution is 7.67. The third-order valence-electron chi connectivity index (χ3n) is 6.29. The lowest BCUT2D eigenvalue weighted by atomic mass is 9.82. The molecule has 0 amide bonds. The number of hydrogen-bond donors (Lipinski definition) is 0. The van der Waals surface area contributed by atoms with Crippen LogP contribution < -0.4 is 5.30 Å². The summed E-state index contributed by atoms with van der Waals surface area (Å²) < 4.78 is 0. The Hall–Kier alpha value is -3.28. The van der Waals surface area contributed by atoms with Crippen molar-refractivity contribution in [1.29, 1.82) is 0 Å². The van der Waals surface area contributed by atoms with Crippen molar-refractivity contribution in [3.63, 3.8) is 0 Å². The monoisotopic (exact) mass is 432 g/mol. The first kappa shape index (κ1) is 20.6. The van der Waals surface area contributed by atoms with Crippen LogP contribution in [0, 0.1) is 0 Å². The van der Waals surface area contributed by atoms with E-state index in [1.807, 2.05) is 36.4 Å². The number of benzene rings is 4. The summed E-state index contributed by atoms with van der Waals surface area (Å²) in [7, 11) is -0.600. The van der Waals surface area contributed by atoms with Gasteiger partial charge in [0.25, 0.3) is 0 Å². The van der Waals surface area contributed by atoms with Crippen LogP contribution in [0.5, 0.6) is 0 Å². The standard InChI is InChI=1S/C30H25OP/c31-29(24-13-5-1-6-14-24)23-27-21-22-32(28-19-11-4-12-20-28)30(27,25-15-7-2-8-16-25)26-17-9-3-10-18-26/h1-20,23H,21-22H2. The summed E-state index contributed by atoms with van der Waals surface area (Å²) in [6.45, 7) is 0. The van der Waals surface area contributed by atoms with Crippen LogP contribution in [0.1, 0.15) is 27.9 Å². The van der Waals surface area contributed by atoms with Crippen LogP contribution in [0.2, 0.25) is 0 Å². The molecule has 4 aromatic rings. The van der Waals surface area contributed by atoms with Crippen LogP contribution in [0.25, 0.3) is 0 Å². The molecule has 1 fully saturated rings. The summed E-state index contributed by atoms with van der Waals surface area (Å²) in [5.74, 6) is 0.0850. The quantitative estimate of drug-likeness (QED) is 0.189. The number of carbonyl (C=O) groups excluding carboxylic acids is 1. The molecule has 0 spiro atoms. The zero-order valence-corrected chi connectivity index (χ0v) is 18.8. The van der Waals surface area contributed by atoms with Gasteiger partial charge in [-0.05, 0) is 40.7 Å². The highest BCUT2D eigenvalue weighted by atomic mass is 31.1. The van der Waals surface area contributed by atoms with Crippen molar-refractivity contribution in [1.82, 2.24) is 0 Å². The Labute approximate surface area is 191 Å². The molecule has 0 saturated carbocycles. The van der Waals surface area contributed by atoms with Crippen molar-refractivity contribution >= 4 is 19.0 Å². The summed E-state index contributed by atoms with van der Waals surface area (Å²) >= 11 is 0. The average Bonchev–Trinajstić information content (AvgIpc) is 3.26. The lowest BCUT2D eigenvalue weighted by molar-refractivity contribution is 0.104. The summed E-state index contributed by atoms with van der Waals surface area (Å²) in [5, 5.41) is 1.06. The van der Waals surface area contributed by atoms with E-state index in [1.54, 1.807) is 0 Å². The molecule has 1 unspecified atom stereocenters. The lowest BCUT2D eigenvalue weighted by Crippen LogP contribution is -2.28. The van der Waals surface area contributed by atoms with E-state index in [1.165, 1.54) is 22.0 Å². The van der Waals surface area contributed by atoms with Crippen LogP contribution in [-0.4, -0.2) is 11.9 Å². The van der Waals surface area contributed by atoms with Gasteiger partial charge in [-0.15, -0.1) is 0 Å². The predicted octanol–water partition coefficient (Wildman–Crippen LogP) is 6.95. The van der Waals surface area contributed by atoms with Crippen LogP contribution in [0.4, 0.5) is 0 Å². The summed E-state index contributed by atoms with van der Waals surface area (Å²) in [4.78, 5) is 13.3. The molecule has 1 saturated heterocycles. The summed E-state index contributed by atoms with van der Waals surface area (Å²) in [6.07, 6.45) is 3.92. The molecule has 156 valence electrons. The summed E-state index contributed by atoms with van der Waals surface area (Å²) in [6, 6.07) is 42.0. The van der Waals surface area contributed by atoms with Crippen LogP contribution in [-0.2, 0) is 5.16 Å². The molecule has 1 aliphatic rings. The number of allylic oxidation sites excluding steroid dienone is 2. The second-order valence-electron chi connectivity index (χ2n) is 8.08. The SMILES string of the molecule is O=C(C=C1CCP(c2ccccc2)C1(c1ccccc1)c1ccccc1)c1ccccc1. The van der Waals surface area contributed by atoms with Gasteiger partial charge in [0, 0.05) is 5.56 Å². The van der Waals surface area contributed by atoms with E-state index in [0.717, 1.165) is 18.1 Å². The third-order valence-corrected chi connectivity index (χ3v) is 9.49. The maximum atomic E-state index is 13.3. The van der Waals surface area contributed by atoms with Crippen molar-refractivity contribution in [2.75, 3.05) is 6.16 Å². The smallest absolute Gasteiger partial charge is 0.185 e. The molecule has 4 aromatic carbocycles. The normalized spacial score (nSPS) is 18.5. The molecule has 1 aliphatic heterocycles. The van der Waals surface area contributed by atoms with Crippen molar-refractivity contribution in [2.24, 2.45) is 0 Å². The molecule has 0 aliphatic carbocycles. The molecule has 0 radical (unpaired) electrons. The minimum atomic E-state index is -0.600. The highest BCUT2D eigenvalue weighted by Crippen LogP contribution is 2.68. The first-order chi connectivity index (χ1) is 15.8. The second kappa shape index (κ2) is 9.07. The zero-order chi connectivity index (χ0) is 21.8. The van der Waals surface area contributed by atoms with Crippen molar-refractivity contribution in [2.45, 2.75) is 11.6 Å². The minimum absolute atomic E-state index is 0.0850. The van der Waals surface area contributed by atoms with Gasteiger partial charge in [-0.25, -0.2) is 0 Å². The van der Waals surface area contributed by atoms with E-state index in [9.17, 15) is 4.79 Å². The number of hydrogen-bond acceptors (Lipinski definition) is 1. The van der Waals surface area contributed by atoms with Crippen LogP contribution >= 0.6 is 7.92 Å². The van der Waals surface area contributed by atoms with Crippen LogP contribution in [0.3, 0.4) is 0 Å². The third kappa shape index (κ3) is 3.64. The zero-order valence-electron chi connectivity index (χ0n) is 17.9. The molecule has 2 heteroatoms. The van der Waals surface area contributed by atoms with Gasteiger partial charge in [-0.3, -0.25) is 4.79 Å². The first-order valence-corrected chi connectivity index (χ1v) is 12.6. The fourth-order valence-electron chi connectivity index (χ4n) is 4.91. The predicted molar refractivity (Wildman–Crippen MR) is 135 cm³/mol. The topological polar surface area (TPSA) is 17.1 Å². The van der Waals surface area contributed by atoms with Crippen molar-refractivity contribution < 1.29 is 4.79 Å². The maximum Gasteiger partial charge on any atom is 0.185 e. The van der Waals surface area contributed by atoms with Gasteiger partial charge < -0.3 is 0 Å². The van der Waals surface area contributed by atoms with Gasteiger partial charge in [0.1, 0.15) is 0 Å². The fourth-order valence-corrected chi connectivity index (χ4v) is 8.34. The van der Waals surface area contributed by atoms with E-state index < -0.39 is 7.92 Å². The van der Waals surface area contributed by atoms with Gasteiger partial charge in [-0.2, -0.15) is 0 Å². The Morgan fingerprint density at radius 1 is 0.656 bits per heavy atom. The average molecular weight is 433 g/mol. The van der Waals surface area contributed by atoms with Crippen molar-refractivity contribution in [3.05, 3.63) is 150 Å². The summed E-state index contributed by atoms with van der Waals surface area (Å²) in [5.41, 5.74) is 4.50. The largest absolute Gasteiger partial charge is 0.289 e. The molecule has 0 bridgehead atoms. The molecular weight excluding hydrogens is 407 g/mol. The Bertz CT molecular complexity index is 1180. The molecule has 0 N–H and O–H groups in total. The number of carbonyl (C=O) groups is 1. The number of rotatable bonds is 5. The van der Waals surface area contributed by atoms with Crippen molar-refractivity contribution in [3.8, 4) is 0 Å². The highest BCUT2D eigenvalue weighted by Gasteiger charge is 2.49. The lowest BCUT2D eigenvalue weighted by Gasteiger charge is -2.39. The van der Waals surface area contributed by atoms with Gasteiger partial charge in [0.15, 0.2) is 5.78 Å². The van der Waals surface area contributed by atoms with E-state index in [0.29, 0.717) is 0 Å². The Morgan fingerprint density at radius 2 is 1.12 bits per heavy atom. The van der Waals surface area contributed by atoms with E-state index in [-0.39, 0.29) is 10.9 Å². The molecule has 1 nitrogen and oxygen atoms in total. The molecule has 1 heterocycles. The fraction of sp³-hybridized carbons (Fsp3) is 0.100. The first-order valence-electron chi connectivity index (χ1n) is 11.0. The Morgan fingerprint density at radius 3 is 1.66 bits per heavy atom. The molecule has 1 atom stereocenters. The molecule has 0 aromatic heterocycles.